The number of hydrogen-bond donors (Lipinski definition) is 0. The first kappa shape index (κ1) is 9.41. The number of halogens is 1. The minimum atomic E-state index is -0.406. The zero-order valence-corrected chi connectivity index (χ0v) is 6.91. The van der Waals surface area contributed by atoms with Crippen LogP contribution < -0.4 is 0 Å². The largest absolute Gasteiger partial charge is 0.154 e. The smallest absolute Gasteiger partial charge is 0.117 e. The highest BCUT2D eigenvalue weighted by Gasteiger charge is 1.87. The monoisotopic (exact) mass is 154 g/mol. The quantitative estimate of drug-likeness (QED) is 0.326. The van der Waals surface area contributed by atoms with Gasteiger partial charge in [-0.05, 0) is 6.42 Å². The molecule has 0 bridgehead atoms. The van der Waals surface area contributed by atoms with Crippen molar-refractivity contribution in [3.8, 4) is 24.2 Å². The molecule has 0 spiro atoms. The summed E-state index contributed by atoms with van der Waals surface area (Å²) in [5.74, 6) is 7.99. The molecule has 0 aliphatic rings. The Kier molecular flexibility index (Phi) is 6.14. The third kappa shape index (κ3) is 5.54. The second-order valence-corrected chi connectivity index (χ2v) is 2.39. The van der Waals surface area contributed by atoms with Crippen molar-refractivity contribution in [1.82, 2.24) is 0 Å². The van der Waals surface area contributed by atoms with Crippen molar-refractivity contribution in [2.75, 3.05) is 0 Å². The maximum atomic E-state index is 5.53. The van der Waals surface area contributed by atoms with Crippen LogP contribution in [0.1, 0.15) is 26.2 Å². The first-order chi connectivity index (χ1) is 4.81. The van der Waals surface area contributed by atoms with Gasteiger partial charge in [-0.3, -0.25) is 0 Å². The van der Waals surface area contributed by atoms with E-state index in [-0.39, 0.29) is 0 Å². The van der Waals surface area contributed by atoms with Crippen molar-refractivity contribution in [3.63, 3.8) is 0 Å². The van der Waals surface area contributed by atoms with Crippen molar-refractivity contribution in [3.05, 3.63) is 0 Å². The van der Waals surface area contributed by atoms with Gasteiger partial charge in [-0.15, -0.1) is 12.3 Å². The molecule has 54 valence electrons. The van der Waals surface area contributed by atoms with Crippen molar-refractivity contribution in [2.45, 2.75) is 31.6 Å². The number of unbranched alkanes of at least 4 members (excludes halogenated alkanes) is 2. The van der Waals surface area contributed by atoms with Gasteiger partial charge in [-0.1, -0.05) is 36.8 Å². The molecule has 0 aromatic heterocycles. The van der Waals surface area contributed by atoms with Crippen LogP contribution in [0.3, 0.4) is 0 Å². The van der Waals surface area contributed by atoms with Crippen molar-refractivity contribution in [1.29, 1.82) is 0 Å². The van der Waals surface area contributed by atoms with E-state index in [4.69, 9.17) is 18.0 Å². The highest BCUT2D eigenvalue weighted by Crippen LogP contribution is 1.93. The molecule has 0 aliphatic carbocycles. The van der Waals surface area contributed by atoms with E-state index in [0.717, 1.165) is 19.3 Å². The summed E-state index contributed by atoms with van der Waals surface area (Å²) >= 11 is 5.53. The molecule has 0 fully saturated rings. The molecular weight excluding hydrogens is 144 g/mol. The maximum Gasteiger partial charge on any atom is 0.154 e. The van der Waals surface area contributed by atoms with Crippen molar-refractivity contribution in [2.24, 2.45) is 0 Å². The van der Waals surface area contributed by atoms with E-state index in [0.29, 0.717) is 0 Å². The number of rotatable bonds is 2. The number of hydrogen-bond acceptors (Lipinski definition) is 0. The van der Waals surface area contributed by atoms with E-state index in [1.807, 2.05) is 0 Å². The maximum absolute atomic E-state index is 5.53. The molecule has 0 aromatic carbocycles. The fourth-order valence-electron chi connectivity index (χ4n) is 0.469. The van der Waals surface area contributed by atoms with E-state index in [1.54, 1.807) is 0 Å². The fraction of sp³-hybridized carbons (Fsp3) is 0.556. The molecule has 0 amide bonds. The molecule has 10 heavy (non-hydrogen) atoms. The van der Waals surface area contributed by atoms with Gasteiger partial charge >= 0.3 is 0 Å². The van der Waals surface area contributed by atoms with E-state index in [1.165, 1.54) is 0 Å². The van der Waals surface area contributed by atoms with Gasteiger partial charge in [-0.25, -0.2) is 0 Å². The molecule has 1 heteroatoms. The van der Waals surface area contributed by atoms with Crippen LogP contribution in [-0.2, 0) is 0 Å². The Labute approximate surface area is 68.0 Å². The van der Waals surface area contributed by atoms with Crippen molar-refractivity contribution < 1.29 is 0 Å². The van der Waals surface area contributed by atoms with Gasteiger partial charge in [0.2, 0.25) is 0 Å². The average molecular weight is 155 g/mol. The first-order valence-electron chi connectivity index (χ1n) is 3.39. The molecule has 0 rings (SSSR count). The molecule has 0 saturated carbocycles. The standard InChI is InChI=1S/C9H11Cl/c1-3-5-6-7-8-9(10)4-2/h2,9H,3,5-6H2,1H3. The molecule has 0 aromatic rings. The van der Waals surface area contributed by atoms with Gasteiger partial charge in [0.25, 0.3) is 0 Å². The number of terminal acetylenes is 1. The van der Waals surface area contributed by atoms with Gasteiger partial charge in [0.15, 0.2) is 5.38 Å². The summed E-state index contributed by atoms with van der Waals surface area (Å²) in [6.07, 6.45) is 8.20. The third-order valence-corrected chi connectivity index (χ3v) is 1.27. The minimum Gasteiger partial charge on any atom is -0.117 e. The molecule has 0 N–H and O–H groups in total. The van der Waals surface area contributed by atoms with Gasteiger partial charge in [0.05, 0.1) is 0 Å². The lowest BCUT2D eigenvalue weighted by molar-refractivity contribution is 0.828. The van der Waals surface area contributed by atoms with E-state index < -0.39 is 5.38 Å². The van der Waals surface area contributed by atoms with Crippen LogP contribution in [0.5, 0.6) is 0 Å². The van der Waals surface area contributed by atoms with Crippen LogP contribution in [0, 0.1) is 24.2 Å². The van der Waals surface area contributed by atoms with Gasteiger partial charge in [0, 0.05) is 6.42 Å². The molecule has 1 unspecified atom stereocenters. The molecule has 0 saturated heterocycles. The van der Waals surface area contributed by atoms with Gasteiger partial charge < -0.3 is 0 Å². The topological polar surface area (TPSA) is 0 Å². The summed E-state index contributed by atoms with van der Waals surface area (Å²) < 4.78 is 0. The average Bonchev–Trinajstić information content (AvgIpc) is 1.98. The van der Waals surface area contributed by atoms with Gasteiger partial charge in [-0.2, -0.15) is 0 Å². The molecule has 0 nitrogen and oxygen atoms in total. The molecule has 0 radical (unpaired) electrons. The van der Waals surface area contributed by atoms with Crippen LogP contribution in [0.25, 0.3) is 0 Å². The Morgan fingerprint density at radius 1 is 1.60 bits per heavy atom. The Morgan fingerprint density at radius 2 is 2.30 bits per heavy atom. The first-order valence-corrected chi connectivity index (χ1v) is 3.83. The highest BCUT2D eigenvalue weighted by molar-refractivity contribution is 6.24. The Morgan fingerprint density at radius 3 is 2.80 bits per heavy atom. The predicted molar refractivity (Wildman–Crippen MR) is 45.8 cm³/mol. The normalized spacial score (nSPS) is 10.9. The third-order valence-electron chi connectivity index (χ3n) is 1.03. The lowest BCUT2D eigenvalue weighted by atomic mass is 10.2. The van der Waals surface area contributed by atoms with E-state index in [9.17, 15) is 0 Å². The summed E-state index contributed by atoms with van der Waals surface area (Å²) in [7, 11) is 0. The Balaban J connectivity index is 3.41. The lowest BCUT2D eigenvalue weighted by Gasteiger charge is -1.85. The fourth-order valence-corrected chi connectivity index (χ4v) is 0.546. The summed E-state index contributed by atoms with van der Waals surface area (Å²) in [5, 5.41) is -0.406. The SMILES string of the molecule is C#CC(Cl)C#CCCCC. The molecule has 0 heterocycles. The second kappa shape index (κ2) is 6.53. The lowest BCUT2D eigenvalue weighted by Crippen LogP contribution is -1.85. The van der Waals surface area contributed by atoms with E-state index >= 15 is 0 Å². The van der Waals surface area contributed by atoms with Crippen LogP contribution in [0.15, 0.2) is 0 Å². The second-order valence-electron chi connectivity index (χ2n) is 1.95. The summed E-state index contributed by atoms with van der Waals surface area (Å²) in [6, 6.07) is 0. The Bertz CT molecular complexity index is 165. The van der Waals surface area contributed by atoms with E-state index in [2.05, 4.69) is 24.7 Å². The van der Waals surface area contributed by atoms with Crippen LogP contribution >= 0.6 is 11.6 Å². The molecule has 0 aliphatic heterocycles. The zero-order chi connectivity index (χ0) is 7.82. The van der Waals surface area contributed by atoms with Crippen LogP contribution in [0.4, 0.5) is 0 Å². The van der Waals surface area contributed by atoms with Crippen LogP contribution in [-0.4, -0.2) is 5.38 Å². The molecule has 1 atom stereocenters. The number of alkyl halides is 1. The summed E-state index contributed by atoms with van der Waals surface area (Å²) in [4.78, 5) is 0. The predicted octanol–water partition coefficient (Wildman–Crippen LogP) is 2.42. The molecular formula is C9H11Cl. The van der Waals surface area contributed by atoms with Crippen molar-refractivity contribution >= 4 is 11.6 Å². The van der Waals surface area contributed by atoms with Crippen LogP contribution in [0.2, 0.25) is 0 Å². The zero-order valence-electron chi connectivity index (χ0n) is 6.15. The van der Waals surface area contributed by atoms with Gasteiger partial charge in [0.1, 0.15) is 0 Å². The Hall–Kier alpha value is -0.590. The highest BCUT2D eigenvalue weighted by atomic mass is 35.5. The summed E-state index contributed by atoms with van der Waals surface area (Å²) in [5.41, 5.74) is 0. The summed E-state index contributed by atoms with van der Waals surface area (Å²) in [6.45, 7) is 2.13. The minimum absolute atomic E-state index is 0.406.